The van der Waals surface area contributed by atoms with Crippen LogP contribution in [0.5, 0.6) is 0 Å². The third-order valence-electron chi connectivity index (χ3n) is 4.35. The van der Waals surface area contributed by atoms with Gasteiger partial charge >= 0.3 is 0 Å². The predicted octanol–water partition coefficient (Wildman–Crippen LogP) is 2.42. The molecular formula is C18H18F2N2O3S. The Morgan fingerprint density at radius 2 is 1.54 bits per heavy atom. The first-order valence-corrected chi connectivity index (χ1v) is 9.54. The summed E-state index contributed by atoms with van der Waals surface area (Å²) in [5.41, 5.74) is 1.00. The van der Waals surface area contributed by atoms with Gasteiger partial charge in [0.2, 0.25) is 10.0 Å². The second-order valence-electron chi connectivity index (χ2n) is 6.14. The lowest BCUT2D eigenvalue weighted by Crippen LogP contribution is -2.50. The number of halogens is 2. The number of rotatable bonds is 3. The zero-order chi connectivity index (χ0) is 18.9. The van der Waals surface area contributed by atoms with Gasteiger partial charge in [-0.25, -0.2) is 17.2 Å². The molecule has 1 aliphatic heterocycles. The van der Waals surface area contributed by atoms with Crippen molar-refractivity contribution in [2.75, 3.05) is 26.2 Å². The highest BCUT2D eigenvalue weighted by Gasteiger charge is 2.30. The fourth-order valence-electron chi connectivity index (χ4n) is 2.80. The Kier molecular flexibility index (Phi) is 5.06. The largest absolute Gasteiger partial charge is 0.336 e. The first-order valence-electron chi connectivity index (χ1n) is 8.10. The molecule has 0 saturated carbocycles. The smallest absolute Gasteiger partial charge is 0.254 e. The summed E-state index contributed by atoms with van der Waals surface area (Å²) < 4.78 is 53.0. The number of aryl methyl sites for hydroxylation is 1. The van der Waals surface area contributed by atoms with Crippen molar-refractivity contribution in [3.05, 3.63) is 65.2 Å². The monoisotopic (exact) mass is 380 g/mol. The maximum absolute atomic E-state index is 13.3. The van der Waals surface area contributed by atoms with Gasteiger partial charge in [-0.15, -0.1) is 0 Å². The van der Waals surface area contributed by atoms with Crippen molar-refractivity contribution in [3.8, 4) is 0 Å². The van der Waals surface area contributed by atoms with Gasteiger partial charge in [0.15, 0.2) is 11.6 Å². The van der Waals surface area contributed by atoms with Gasteiger partial charge in [0.05, 0.1) is 4.90 Å². The Morgan fingerprint density at radius 1 is 0.923 bits per heavy atom. The summed E-state index contributed by atoms with van der Waals surface area (Å²) in [4.78, 5) is 14.0. The lowest BCUT2D eigenvalue weighted by molar-refractivity contribution is 0.0697. The molecule has 1 fully saturated rings. The molecule has 0 aliphatic carbocycles. The molecule has 1 amide bonds. The minimum atomic E-state index is -3.62. The molecule has 0 N–H and O–H groups in total. The van der Waals surface area contributed by atoms with E-state index in [4.69, 9.17) is 0 Å². The summed E-state index contributed by atoms with van der Waals surface area (Å²) in [6.07, 6.45) is 0. The van der Waals surface area contributed by atoms with E-state index in [9.17, 15) is 22.0 Å². The lowest BCUT2D eigenvalue weighted by atomic mass is 10.1. The van der Waals surface area contributed by atoms with Crippen LogP contribution in [-0.4, -0.2) is 49.7 Å². The molecule has 0 radical (unpaired) electrons. The van der Waals surface area contributed by atoms with Crippen molar-refractivity contribution >= 4 is 15.9 Å². The number of hydrogen-bond donors (Lipinski definition) is 0. The summed E-state index contributed by atoms with van der Waals surface area (Å²) in [5, 5.41) is 0. The summed E-state index contributed by atoms with van der Waals surface area (Å²) >= 11 is 0. The second-order valence-corrected chi connectivity index (χ2v) is 8.08. The van der Waals surface area contributed by atoms with E-state index in [0.29, 0.717) is 0 Å². The van der Waals surface area contributed by atoms with Gasteiger partial charge in [0, 0.05) is 31.7 Å². The van der Waals surface area contributed by atoms with Gasteiger partial charge in [-0.1, -0.05) is 17.7 Å². The van der Waals surface area contributed by atoms with Crippen LogP contribution in [0.3, 0.4) is 0 Å². The van der Waals surface area contributed by atoms with Crippen molar-refractivity contribution in [2.24, 2.45) is 0 Å². The minimum absolute atomic E-state index is 0.0405. The molecule has 2 aromatic carbocycles. The highest BCUT2D eigenvalue weighted by molar-refractivity contribution is 7.89. The molecule has 8 heteroatoms. The Morgan fingerprint density at radius 3 is 2.12 bits per heavy atom. The van der Waals surface area contributed by atoms with E-state index in [2.05, 4.69) is 0 Å². The van der Waals surface area contributed by atoms with Crippen molar-refractivity contribution in [3.63, 3.8) is 0 Å². The number of piperazine rings is 1. The van der Waals surface area contributed by atoms with Crippen LogP contribution in [0, 0.1) is 18.6 Å². The second kappa shape index (κ2) is 7.13. The van der Waals surface area contributed by atoms with Crippen LogP contribution in [0.4, 0.5) is 8.78 Å². The van der Waals surface area contributed by atoms with Crippen LogP contribution in [0.2, 0.25) is 0 Å². The molecule has 1 heterocycles. The molecule has 0 atom stereocenters. The summed E-state index contributed by atoms with van der Waals surface area (Å²) in [5.74, 6) is -2.55. The van der Waals surface area contributed by atoms with Gasteiger partial charge < -0.3 is 4.90 Å². The Balaban J connectivity index is 1.69. The number of carbonyl (C=O) groups is 1. The van der Waals surface area contributed by atoms with Crippen LogP contribution >= 0.6 is 0 Å². The van der Waals surface area contributed by atoms with E-state index in [1.807, 2.05) is 6.92 Å². The molecular weight excluding hydrogens is 362 g/mol. The average Bonchev–Trinajstić information content (AvgIpc) is 2.64. The molecule has 26 heavy (non-hydrogen) atoms. The van der Waals surface area contributed by atoms with Crippen molar-refractivity contribution in [2.45, 2.75) is 11.8 Å². The molecule has 3 rings (SSSR count). The quantitative estimate of drug-likeness (QED) is 0.822. The summed E-state index contributed by atoms with van der Waals surface area (Å²) in [6, 6.07) is 9.56. The van der Waals surface area contributed by atoms with Crippen molar-refractivity contribution < 1.29 is 22.0 Å². The first kappa shape index (κ1) is 18.5. The standard InChI is InChI=1S/C18H18F2N2O3S/c1-13-2-5-15(6-3-13)26(24,25)22-10-8-21(9-11-22)18(23)14-4-7-16(19)17(20)12-14/h2-7,12H,8-11H2,1H3. The lowest BCUT2D eigenvalue weighted by Gasteiger charge is -2.34. The maximum Gasteiger partial charge on any atom is 0.254 e. The normalized spacial score (nSPS) is 15.9. The zero-order valence-electron chi connectivity index (χ0n) is 14.2. The molecule has 0 bridgehead atoms. The van der Waals surface area contributed by atoms with Crippen LogP contribution < -0.4 is 0 Å². The Labute approximate surface area is 150 Å². The topological polar surface area (TPSA) is 57.7 Å². The fraction of sp³-hybridized carbons (Fsp3) is 0.278. The van der Waals surface area contributed by atoms with Gasteiger partial charge in [-0.05, 0) is 37.3 Å². The fourth-order valence-corrected chi connectivity index (χ4v) is 4.22. The average molecular weight is 380 g/mol. The SMILES string of the molecule is Cc1ccc(S(=O)(=O)N2CCN(C(=O)c3ccc(F)c(F)c3)CC2)cc1. The molecule has 2 aromatic rings. The molecule has 1 aliphatic rings. The van der Waals surface area contributed by atoms with E-state index in [1.54, 1.807) is 24.3 Å². The number of amides is 1. The van der Waals surface area contributed by atoms with Gasteiger partial charge in [0.25, 0.3) is 5.91 Å². The molecule has 0 unspecified atom stereocenters. The molecule has 138 valence electrons. The number of sulfonamides is 1. The van der Waals surface area contributed by atoms with Crippen LogP contribution in [0.1, 0.15) is 15.9 Å². The van der Waals surface area contributed by atoms with E-state index < -0.39 is 27.6 Å². The van der Waals surface area contributed by atoms with Crippen LogP contribution in [0.15, 0.2) is 47.4 Å². The van der Waals surface area contributed by atoms with Gasteiger partial charge in [-0.2, -0.15) is 4.31 Å². The minimum Gasteiger partial charge on any atom is -0.336 e. The number of benzene rings is 2. The summed E-state index contributed by atoms with van der Waals surface area (Å²) in [6.45, 7) is 2.53. The Hall–Kier alpha value is -2.32. The third kappa shape index (κ3) is 3.61. The number of carbonyl (C=O) groups excluding carboxylic acids is 1. The zero-order valence-corrected chi connectivity index (χ0v) is 15.0. The van der Waals surface area contributed by atoms with E-state index in [0.717, 1.165) is 17.7 Å². The highest BCUT2D eigenvalue weighted by Crippen LogP contribution is 2.19. The van der Waals surface area contributed by atoms with Crippen molar-refractivity contribution in [1.82, 2.24) is 9.21 Å². The molecule has 0 aromatic heterocycles. The van der Waals surface area contributed by atoms with Gasteiger partial charge in [0.1, 0.15) is 0 Å². The van der Waals surface area contributed by atoms with E-state index in [-0.39, 0.29) is 36.6 Å². The Bertz CT molecular complexity index is 922. The third-order valence-corrected chi connectivity index (χ3v) is 6.26. The summed E-state index contributed by atoms with van der Waals surface area (Å²) in [7, 11) is -3.62. The number of nitrogens with zero attached hydrogens (tertiary/aromatic N) is 2. The van der Waals surface area contributed by atoms with Crippen LogP contribution in [-0.2, 0) is 10.0 Å². The highest BCUT2D eigenvalue weighted by atomic mass is 32.2. The molecule has 5 nitrogen and oxygen atoms in total. The first-order chi connectivity index (χ1) is 12.3. The van der Waals surface area contributed by atoms with Gasteiger partial charge in [-0.3, -0.25) is 4.79 Å². The van der Waals surface area contributed by atoms with Crippen molar-refractivity contribution in [1.29, 1.82) is 0 Å². The van der Waals surface area contributed by atoms with E-state index >= 15 is 0 Å². The maximum atomic E-state index is 13.3. The molecule has 1 saturated heterocycles. The van der Waals surface area contributed by atoms with E-state index in [1.165, 1.54) is 15.3 Å². The predicted molar refractivity (Wildman–Crippen MR) is 92.2 cm³/mol. The van der Waals surface area contributed by atoms with Crippen LogP contribution in [0.25, 0.3) is 0 Å². The number of hydrogen-bond acceptors (Lipinski definition) is 3. The molecule has 0 spiro atoms.